The molecular formula is C14H19FN2O. The maximum atomic E-state index is 12.9. The summed E-state index contributed by atoms with van der Waals surface area (Å²) in [6.45, 7) is 3.16. The molecule has 1 saturated heterocycles. The molecule has 98 valence electrons. The molecule has 4 heteroatoms. The normalized spacial score (nSPS) is 23.4. The summed E-state index contributed by atoms with van der Waals surface area (Å²) in [6.07, 6.45) is 1.34. The smallest absolute Gasteiger partial charge is 0.224 e. The van der Waals surface area contributed by atoms with Crippen molar-refractivity contribution < 1.29 is 9.18 Å². The molecule has 2 N–H and O–H groups in total. The molecule has 1 fully saturated rings. The van der Waals surface area contributed by atoms with Gasteiger partial charge in [-0.3, -0.25) is 4.79 Å². The van der Waals surface area contributed by atoms with Crippen LogP contribution < -0.4 is 5.73 Å². The number of carbonyl (C=O) groups excluding carboxylic acids is 1. The Morgan fingerprint density at radius 3 is 2.72 bits per heavy atom. The van der Waals surface area contributed by atoms with E-state index in [-0.39, 0.29) is 17.8 Å². The minimum absolute atomic E-state index is 0.120. The Kier molecular flexibility index (Phi) is 3.97. The summed E-state index contributed by atoms with van der Waals surface area (Å²) in [4.78, 5) is 13.8. The van der Waals surface area contributed by atoms with Gasteiger partial charge in [-0.05, 0) is 31.0 Å². The van der Waals surface area contributed by atoms with Crippen molar-refractivity contribution in [1.82, 2.24) is 4.90 Å². The number of carbonyl (C=O) groups is 1. The first-order valence-electron chi connectivity index (χ1n) is 6.37. The fourth-order valence-electron chi connectivity index (χ4n) is 2.62. The second kappa shape index (κ2) is 5.48. The van der Waals surface area contributed by atoms with Crippen LogP contribution in [0.3, 0.4) is 0 Å². The van der Waals surface area contributed by atoms with E-state index < -0.39 is 0 Å². The van der Waals surface area contributed by atoms with Crippen molar-refractivity contribution in [3.05, 3.63) is 35.6 Å². The van der Waals surface area contributed by atoms with Gasteiger partial charge in [0.15, 0.2) is 0 Å². The highest BCUT2D eigenvalue weighted by molar-refractivity contribution is 5.77. The van der Waals surface area contributed by atoms with E-state index in [4.69, 9.17) is 5.73 Å². The summed E-state index contributed by atoms with van der Waals surface area (Å²) in [7, 11) is 0. The molecule has 1 aromatic rings. The van der Waals surface area contributed by atoms with E-state index in [0.29, 0.717) is 25.4 Å². The number of amides is 1. The fraction of sp³-hybridized carbons (Fsp3) is 0.500. The Hall–Kier alpha value is -1.42. The van der Waals surface area contributed by atoms with Crippen LogP contribution in [0.1, 0.15) is 31.2 Å². The molecule has 3 nitrogen and oxygen atoms in total. The second-order valence-corrected chi connectivity index (χ2v) is 4.92. The van der Waals surface area contributed by atoms with Crippen molar-refractivity contribution in [2.75, 3.05) is 13.1 Å². The Bertz CT molecular complexity index is 418. The van der Waals surface area contributed by atoms with Gasteiger partial charge in [-0.15, -0.1) is 0 Å². The average Bonchev–Trinajstić information content (AvgIpc) is 2.72. The van der Waals surface area contributed by atoms with Crippen LogP contribution in [0.15, 0.2) is 24.3 Å². The topological polar surface area (TPSA) is 46.3 Å². The van der Waals surface area contributed by atoms with Gasteiger partial charge in [0.05, 0.1) is 0 Å². The van der Waals surface area contributed by atoms with Crippen LogP contribution >= 0.6 is 0 Å². The monoisotopic (exact) mass is 250 g/mol. The van der Waals surface area contributed by atoms with Gasteiger partial charge >= 0.3 is 0 Å². The van der Waals surface area contributed by atoms with Crippen molar-refractivity contribution in [2.45, 2.75) is 31.7 Å². The molecule has 0 unspecified atom stereocenters. The van der Waals surface area contributed by atoms with Gasteiger partial charge in [-0.25, -0.2) is 4.39 Å². The third-order valence-electron chi connectivity index (χ3n) is 3.59. The van der Waals surface area contributed by atoms with E-state index >= 15 is 0 Å². The number of likely N-dealkylation sites (tertiary alicyclic amines) is 1. The predicted molar refractivity (Wildman–Crippen MR) is 68.6 cm³/mol. The average molecular weight is 250 g/mol. The summed E-state index contributed by atoms with van der Waals surface area (Å²) in [5.41, 5.74) is 6.52. The van der Waals surface area contributed by atoms with Crippen molar-refractivity contribution in [1.29, 1.82) is 0 Å². The quantitative estimate of drug-likeness (QED) is 0.890. The maximum Gasteiger partial charge on any atom is 0.224 e. The third kappa shape index (κ3) is 2.70. The molecule has 0 bridgehead atoms. The number of nitrogens with zero attached hydrogens (tertiary/aromatic N) is 1. The number of benzene rings is 1. The summed E-state index contributed by atoms with van der Waals surface area (Å²) in [5, 5.41) is 0. The first-order chi connectivity index (χ1) is 8.61. The summed E-state index contributed by atoms with van der Waals surface area (Å²) < 4.78 is 12.9. The van der Waals surface area contributed by atoms with Crippen molar-refractivity contribution in [3.8, 4) is 0 Å². The zero-order valence-corrected chi connectivity index (χ0v) is 10.6. The standard InChI is InChI=1S/C14H19FN2O/c1-10-8-12(9-17(10)14(18)6-7-16)11-2-4-13(15)5-3-11/h2-5,10,12H,6-9,16H2,1H3/t10-,12-/m0/s1. The van der Waals surface area contributed by atoms with Crippen molar-refractivity contribution in [2.24, 2.45) is 5.73 Å². The lowest BCUT2D eigenvalue weighted by Crippen LogP contribution is -2.35. The molecule has 18 heavy (non-hydrogen) atoms. The van der Waals surface area contributed by atoms with Crippen molar-refractivity contribution in [3.63, 3.8) is 0 Å². The Morgan fingerprint density at radius 1 is 1.44 bits per heavy atom. The summed E-state index contributed by atoms with van der Waals surface area (Å²) in [6, 6.07) is 6.81. The highest BCUT2D eigenvalue weighted by atomic mass is 19.1. The van der Waals surface area contributed by atoms with Gasteiger partial charge in [0, 0.05) is 31.5 Å². The van der Waals surface area contributed by atoms with Crippen molar-refractivity contribution >= 4 is 5.91 Å². The van der Waals surface area contributed by atoms with Gasteiger partial charge in [-0.2, -0.15) is 0 Å². The summed E-state index contributed by atoms with van der Waals surface area (Å²) >= 11 is 0. The molecule has 0 spiro atoms. The summed E-state index contributed by atoms with van der Waals surface area (Å²) in [5.74, 6) is 0.206. The van der Waals surface area contributed by atoms with E-state index in [1.165, 1.54) is 12.1 Å². The molecule has 1 aliphatic rings. The fourth-order valence-corrected chi connectivity index (χ4v) is 2.62. The van der Waals surface area contributed by atoms with E-state index in [9.17, 15) is 9.18 Å². The largest absolute Gasteiger partial charge is 0.339 e. The van der Waals surface area contributed by atoms with Gasteiger partial charge in [0.1, 0.15) is 5.82 Å². The van der Waals surface area contributed by atoms with Crippen LogP contribution in [0, 0.1) is 5.82 Å². The molecule has 1 aliphatic heterocycles. The molecule has 0 aromatic heterocycles. The first kappa shape index (κ1) is 13.0. The number of nitrogens with two attached hydrogens (primary N) is 1. The number of rotatable bonds is 3. The van der Waals surface area contributed by atoms with E-state index in [0.717, 1.165) is 12.0 Å². The number of hydrogen-bond donors (Lipinski definition) is 1. The van der Waals surface area contributed by atoms with E-state index in [2.05, 4.69) is 6.92 Å². The molecule has 0 aliphatic carbocycles. The molecule has 2 rings (SSSR count). The lowest BCUT2D eigenvalue weighted by molar-refractivity contribution is -0.131. The third-order valence-corrected chi connectivity index (χ3v) is 3.59. The zero-order valence-electron chi connectivity index (χ0n) is 10.6. The molecule has 0 radical (unpaired) electrons. The molecule has 0 saturated carbocycles. The molecular weight excluding hydrogens is 231 g/mol. The van der Waals surface area contributed by atoms with Crippen LogP contribution in [-0.4, -0.2) is 29.9 Å². The lowest BCUT2D eigenvalue weighted by atomic mass is 9.97. The first-order valence-corrected chi connectivity index (χ1v) is 6.37. The van der Waals surface area contributed by atoms with Crippen LogP contribution in [0.5, 0.6) is 0 Å². The van der Waals surface area contributed by atoms with Gasteiger partial charge in [0.25, 0.3) is 0 Å². The van der Waals surface area contributed by atoms with Crippen LogP contribution in [0.4, 0.5) is 4.39 Å². The van der Waals surface area contributed by atoms with Gasteiger partial charge in [-0.1, -0.05) is 12.1 Å². The zero-order chi connectivity index (χ0) is 13.1. The lowest BCUT2D eigenvalue weighted by Gasteiger charge is -2.21. The van der Waals surface area contributed by atoms with Gasteiger partial charge < -0.3 is 10.6 Å². The van der Waals surface area contributed by atoms with E-state index in [1.54, 1.807) is 0 Å². The Morgan fingerprint density at radius 2 is 2.11 bits per heavy atom. The minimum atomic E-state index is -0.221. The maximum absolute atomic E-state index is 12.9. The Labute approximate surface area is 107 Å². The van der Waals surface area contributed by atoms with E-state index in [1.807, 2.05) is 17.0 Å². The SMILES string of the molecule is C[C@H]1C[C@H](c2ccc(F)cc2)CN1C(=O)CCN. The van der Waals surface area contributed by atoms with Crippen LogP contribution in [-0.2, 0) is 4.79 Å². The van der Waals surface area contributed by atoms with Crippen LogP contribution in [0.25, 0.3) is 0 Å². The Balaban J connectivity index is 2.06. The number of hydrogen-bond acceptors (Lipinski definition) is 2. The minimum Gasteiger partial charge on any atom is -0.339 e. The highest BCUT2D eigenvalue weighted by Crippen LogP contribution is 2.31. The predicted octanol–water partition coefficient (Wildman–Crippen LogP) is 1.88. The molecule has 1 heterocycles. The second-order valence-electron chi connectivity index (χ2n) is 4.92. The van der Waals surface area contributed by atoms with Gasteiger partial charge in [0.2, 0.25) is 5.91 Å². The molecule has 2 atom stereocenters. The van der Waals surface area contributed by atoms with Crippen LogP contribution in [0.2, 0.25) is 0 Å². The highest BCUT2D eigenvalue weighted by Gasteiger charge is 2.32. The molecule has 1 amide bonds. The number of halogens is 1. The molecule has 1 aromatic carbocycles.